The molecule has 8 heteroatoms. The van der Waals surface area contributed by atoms with Gasteiger partial charge in [0.25, 0.3) is 0 Å². The summed E-state index contributed by atoms with van der Waals surface area (Å²) in [5, 5.41) is 19.1. The predicted octanol–water partition coefficient (Wildman–Crippen LogP) is 5.89. The highest BCUT2D eigenvalue weighted by molar-refractivity contribution is 7.23. The van der Waals surface area contributed by atoms with E-state index >= 15 is 0 Å². The number of fused-ring (bicyclic) bond motifs is 1. The lowest BCUT2D eigenvalue weighted by Gasteiger charge is -2.08. The minimum Gasteiger partial charge on any atom is -0.504 e. The maximum Gasteiger partial charge on any atom is 0.195 e. The number of thiophene rings is 1. The molecule has 2 aromatic carbocycles. The zero-order chi connectivity index (χ0) is 20.2. The van der Waals surface area contributed by atoms with Crippen molar-refractivity contribution in [3.05, 3.63) is 66.2 Å². The molecule has 29 heavy (non-hydrogen) atoms. The lowest BCUT2D eigenvalue weighted by atomic mass is 10.1. The van der Waals surface area contributed by atoms with Crippen LogP contribution < -0.4 is 4.74 Å². The van der Waals surface area contributed by atoms with E-state index in [1.54, 1.807) is 12.1 Å². The molecular formula is C21H17FN4O2S. The first-order chi connectivity index (χ1) is 14.2. The van der Waals surface area contributed by atoms with Gasteiger partial charge in [-0.05, 0) is 36.8 Å². The number of para-hydroxylation sites is 1. The molecule has 146 valence electrons. The van der Waals surface area contributed by atoms with Crippen LogP contribution in [0.1, 0.15) is 12.5 Å². The molecule has 0 amide bonds. The standard InChI is InChI=1S/C21H17FN4O2S/c1-2-28-16-6-4-3-5-15(16)19-18(27)17-20(29-19)21(24-12-23-17)26-25-11-13-7-9-14(22)10-8-13/h3-10,12,27H,2,11H2,1H3. The van der Waals surface area contributed by atoms with Crippen LogP contribution >= 0.6 is 11.3 Å². The third kappa shape index (κ3) is 3.93. The largest absolute Gasteiger partial charge is 0.504 e. The van der Waals surface area contributed by atoms with Crippen molar-refractivity contribution >= 4 is 27.4 Å². The molecule has 0 aliphatic heterocycles. The monoisotopic (exact) mass is 408 g/mol. The van der Waals surface area contributed by atoms with Gasteiger partial charge in [0, 0.05) is 5.56 Å². The van der Waals surface area contributed by atoms with E-state index in [4.69, 9.17) is 4.74 Å². The minimum absolute atomic E-state index is 0.0644. The quantitative estimate of drug-likeness (QED) is 0.404. The summed E-state index contributed by atoms with van der Waals surface area (Å²) in [4.78, 5) is 9.04. The number of ether oxygens (including phenoxy) is 1. The van der Waals surface area contributed by atoms with Gasteiger partial charge in [-0.3, -0.25) is 0 Å². The molecule has 0 saturated heterocycles. The van der Waals surface area contributed by atoms with Crippen molar-refractivity contribution in [2.75, 3.05) is 6.61 Å². The number of benzene rings is 2. The highest BCUT2D eigenvalue weighted by Crippen LogP contribution is 2.47. The minimum atomic E-state index is -0.294. The molecule has 0 spiro atoms. The molecular weight excluding hydrogens is 391 g/mol. The summed E-state index contributed by atoms with van der Waals surface area (Å²) in [5.41, 5.74) is 2.03. The predicted molar refractivity (Wildman–Crippen MR) is 110 cm³/mol. The van der Waals surface area contributed by atoms with Gasteiger partial charge >= 0.3 is 0 Å². The van der Waals surface area contributed by atoms with Gasteiger partial charge in [0.2, 0.25) is 0 Å². The lowest BCUT2D eigenvalue weighted by Crippen LogP contribution is -1.92. The van der Waals surface area contributed by atoms with E-state index in [2.05, 4.69) is 20.2 Å². The first-order valence-corrected chi connectivity index (χ1v) is 9.79. The smallest absolute Gasteiger partial charge is 0.195 e. The highest BCUT2D eigenvalue weighted by Gasteiger charge is 2.20. The topological polar surface area (TPSA) is 80.0 Å². The number of nitrogens with zero attached hydrogens (tertiary/aromatic N) is 4. The van der Waals surface area contributed by atoms with Crippen LogP contribution in [0.5, 0.6) is 11.5 Å². The van der Waals surface area contributed by atoms with Crippen molar-refractivity contribution in [1.29, 1.82) is 0 Å². The Kier molecular flexibility index (Phi) is 5.44. The van der Waals surface area contributed by atoms with Gasteiger partial charge in [0.15, 0.2) is 11.6 Å². The Morgan fingerprint density at radius 2 is 1.90 bits per heavy atom. The molecule has 0 bridgehead atoms. The molecule has 0 aliphatic carbocycles. The average Bonchev–Trinajstić information content (AvgIpc) is 3.08. The number of hydrogen-bond acceptors (Lipinski definition) is 7. The molecule has 0 unspecified atom stereocenters. The second-order valence-corrected chi connectivity index (χ2v) is 7.13. The molecule has 0 saturated carbocycles. The zero-order valence-electron chi connectivity index (χ0n) is 15.5. The van der Waals surface area contributed by atoms with E-state index in [1.165, 1.54) is 29.8 Å². The van der Waals surface area contributed by atoms with Crippen LogP contribution in [-0.4, -0.2) is 21.7 Å². The van der Waals surface area contributed by atoms with Crippen LogP contribution in [0, 0.1) is 5.82 Å². The van der Waals surface area contributed by atoms with Crippen LogP contribution in [0.3, 0.4) is 0 Å². The van der Waals surface area contributed by atoms with Crippen LogP contribution in [-0.2, 0) is 6.54 Å². The molecule has 0 atom stereocenters. The van der Waals surface area contributed by atoms with Gasteiger partial charge in [0.1, 0.15) is 28.1 Å². The molecule has 4 aromatic rings. The fourth-order valence-electron chi connectivity index (χ4n) is 2.85. The molecule has 0 fully saturated rings. The Morgan fingerprint density at radius 1 is 1.10 bits per heavy atom. The van der Waals surface area contributed by atoms with Crippen molar-refractivity contribution in [3.8, 4) is 21.9 Å². The van der Waals surface area contributed by atoms with Gasteiger partial charge in [0.05, 0.1) is 18.0 Å². The summed E-state index contributed by atoms with van der Waals surface area (Å²) in [7, 11) is 0. The summed E-state index contributed by atoms with van der Waals surface area (Å²) in [6, 6.07) is 13.6. The number of halogens is 1. The molecule has 1 N–H and O–H groups in total. The van der Waals surface area contributed by atoms with E-state index in [1.807, 2.05) is 31.2 Å². The van der Waals surface area contributed by atoms with E-state index in [9.17, 15) is 9.50 Å². The van der Waals surface area contributed by atoms with Crippen molar-refractivity contribution in [2.24, 2.45) is 10.2 Å². The highest BCUT2D eigenvalue weighted by atomic mass is 32.1. The number of aromatic nitrogens is 2. The molecule has 2 heterocycles. The third-order valence-electron chi connectivity index (χ3n) is 4.19. The van der Waals surface area contributed by atoms with Crippen LogP contribution in [0.15, 0.2) is 65.1 Å². The van der Waals surface area contributed by atoms with Crippen molar-refractivity contribution in [1.82, 2.24) is 9.97 Å². The van der Waals surface area contributed by atoms with E-state index in [0.717, 1.165) is 11.1 Å². The summed E-state index contributed by atoms with van der Waals surface area (Å²) in [6.07, 6.45) is 1.35. The van der Waals surface area contributed by atoms with E-state index in [0.29, 0.717) is 39.8 Å². The van der Waals surface area contributed by atoms with Crippen molar-refractivity contribution in [3.63, 3.8) is 0 Å². The lowest BCUT2D eigenvalue weighted by molar-refractivity contribution is 0.341. The average molecular weight is 408 g/mol. The van der Waals surface area contributed by atoms with Crippen molar-refractivity contribution in [2.45, 2.75) is 13.5 Å². The van der Waals surface area contributed by atoms with Crippen molar-refractivity contribution < 1.29 is 14.2 Å². The normalized spacial score (nSPS) is 11.4. The summed E-state index contributed by atoms with van der Waals surface area (Å²) in [5.74, 6) is 0.827. The molecule has 0 aliphatic rings. The maximum atomic E-state index is 13.0. The van der Waals surface area contributed by atoms with Gasteiger partial charge in [-0.25, -0.2) is 14.4 Å². The van der Waals surface area contributed by atoms with Crippen LogP contribution in [0.4, 0.5) is 10.2 Å². The van der Waals surface area contributed by atoms with Crippen LogP contribution in [0.2, 0.25) is 0 Å². The second kappa shape index (κ2) is 8.32. The van der Waals surface area contributed by atoms with E-state index in [-0.39, 0.29) is 11.6 Å². The first-order valence-electron chi connectivity index (χ1n) is 8.98. The first kappa shape index (κ1) is 18.9. The number of aromatic hydroxyl groups is 1. The van der Waals surface area contributed by atoms with Gasteiger partial charge in [-0.1, -0.05) is 24.3 Å². The summed E-state index contributed by atoms with van der Waals surface area (Å²) < 4.78 is 19.3. The Hall–Kier alpha value is -3.39. The Bertz CT molecular complexity index is 1180. The number of azo groups is 1. The van der Waals surface area contributed by atoms with E-state index < -0.39 is 0 Å². The van der Waals surface area contributed by atoms with Gasteiger partial charge < -0.3 is 9.84 Å². The maximum absolute atomic E-state index is 13.0. The van der Waals surface area contributed by atoms with Gasteiger partial charge in [-0.2, -0.15) is 5.11 Å². The number of rotatable bonds is 6. The van der Waals surface area contributed by atoms with Gasteiger partial charge in [-0.15, -0.1) is 16.5 Å². The fourth-order valence-corrected chi connectivity index (χ4v) is 3.96. The Balaban J connectivity index is 1.70. The third-order valence-corrected chi connectivity index (χ3v) is 5.39. The second-order valence-electron chi connectivity index (χ2n) is 6.11. The summed E-state index contributed by atoms with van der Waals surface area (Å²) in [6.45, 7) is 2.72. The molecule has 2 aromatic heterocycles. The Labute approximate surface area is 170 Å². The zero-order valence-corrected chi connectivity index (χ0v) is 16.4. The molecule has 4 rings (SSSR count). The number of hydrogen-bond donors (Lipinski definition) is 1. The van der Waals surface area contributed by atoms with Crippen LogP contribution in [0.25, 0.3) is 20.7 Å². The summed E-state index contributed by atoms with van der Waals surface area (Å²) >= 11 is 1.33. The Morgan fingerprint density at radius 3 is 2.69 bits per heavy atom. The molecule has 6 nitrogen and oxygen atoms in total. The molecule has 0 radical (unpaired) electrons. The SMILES string of the molecule is CCOc1ccccc1-c1sc2c(N=NCc3ccc(F)cc3)ncnc2c1O. The fraction of sp³-hybridized carbons (Fsp3) is 0.143.